The van der Waals surface area contributed by atoms with E-state index < -0.39 is 17.2 Å². The summed E-state index contributed by atoms with van der Waals surface area (Å²) in [4.78, 5) is 14.6. The second-order valence-corrected chi connectivity index (χ2v) is 3.98. The first-order valence-electron chi connectivity index (χ1n) is 4.72. The highest BCUT2D eigenvalue weighted by Crippen LogP contribution is 2.31. The molecule has 1 heterocycles. The van der Waals surface area contributed by atoms with Gasteiger partial charge in [-0.15, -0.1) is 11.3 Å². The molecule has 0 amide bonds. The number of hydrogen-bond donors (Lipinski definition) is 0. The maximum Gasteiger partial charge on any atom is 0.443 e. The van der Waals surface area contributed by atoms with Crippen molar-refractivity contribution < 1.29 is 22.7 Å². The molecule has 0 N–H and O–H groups in total. The van der Waals surface area contributed by atoms with Crippen LogP contribution >= 0.6 is 11.3 Å². The minimum Gasteiger partial charge on any atom is -0.463 e. The Hall–Kier alpha value is -1.37. The maximum absolute atomic E-state index is 12.3. The fourth-order valence-corrected chi connectivity index (χ4v) is 1.65. The second-order valence-electron chi connectivity index (χ2n) is 3.12. The Balaban J connectivity index is 2.85. The van der Waals surface area contributed by atoms with Crippen molar-refractivity contribution in [3.63, 3.8) is 0 Å². The summed E-state index contributed by atoms with van der Waals surface area (Å²) in [6.45, 7) is 3.33. The first-order chi connectivity index (χ1) is 7.84. The number of carbonyl (C=O) groups is 1. The highest BCUT2D eigenvalue weighted by atomic mass is 32.1. The van der Waals surface area contributed by atoms with Gasteiger partial charge in [-0.1, -0.05) is 0 Å². The lowest BCUT2D eigenvalue weighted by Crippen LogP contribution is -2.05. The molecule has 0 aliphatic carbocycles. The molecular formula is C10H10F3NO2S. The van der Waals surface area contributed by atoms with Crippen LogP contribution in [0.5, 0.6) is 0 Å². The minimum atomic E-state index is -4.45. The monoisotopic (exact) mass is 265 g/mol. The normalized spacial score (nSPS) is 12.6. The quantitative estimate of drug-likeness (QED) is 0.622. The van der Waals surface area contributed by atoms with Crippen LogP contribution in [0.15, 0.2) is 11.0 Å². The summed E-state index contributed by atoms with van der Waals surface area (Å²) in [7, 11) is 0. The molecular weight excluding hydrogens is 255 g/mol. The Labute approximate surface area is 99.9 Å². The summed E-state index contributed by atoms with van der Waals surface area (Å²) < 4.78 is 41.5. The number of esters is 1. The molecule has 7 heteroatoms. The fraction of sp³-hybridized carbons (Fsp3) is 0.400. The van der Waals surface area contributed by atoms with Gasteiger partial charge in [-0.3, -0.25) is 0 Å². The molecule has 94 valence electrons. The van der Waals surface area contributed by atoms with Gasteiger partial charge in [-0.25, -0.2) is 9.78 Å². The molecule has 0 saturated heterocycles. The minimum absolute atomic E-state index is 0.105. The van der Waals surface area contributed by atoms with Crippen LogP contribution in [0.4, 0.5) is 13.2 Å². The Kier molecular flexibility index (Phi) is 4.28. The molecule has 0 aromatic carbocycles. The smallest absolute Gasteiger partial charge is 0.443 e. The lowest BCUT2D eigenvalue weighted by Gasteiger charge is -2.00. The fourth-order valence-electron chi connectivity index (χ4n) is 1.01. The molecule has 3 nitrogen and oxygen atoms in total. The topological polar surface area (TPSA) is 39.2 Å². The summed E-state index contributed by atoms with van der Waals surface area (Å²) in [5, 5.41) is 0.311. The van der Waals surface area contributed by atoms with Gasteiger partial charge >= 0.3 is 12.1 Å². The summed E-state index contributed by atoms with van der Waals surface area (Å²) in [6, 6.07) is 0. The Bertz CT molecular complexity index is 437. The van der Waals surface area contributed by atoms with Crippen LogP contribution in [0, 0.1) is 0 Å². The molecule has 1 aromatic heterocycles. The van der Waals surface area contributed by atoms with Crippen molar-refractivity contribution in [2.75, 3.05) is 6.61 Å². The zero-order valence-electron chi connectivity index (χ0n) is 9.17. The lowest BCUT2D eigenvalue weighted by atomic mass is 10.2. The predicted octanol–water partition coefficient (Wildman–Crippen LogP) is 3.13. The predicted molar refractivity (Wildman–Crippen MR) is 57.4 cm³/mol. The summed E-state index contributed by atoms with van der Waals surface area (Å²) in [5.41, 5.74) is 0.318. The molecule has 0 aliphatic heterocycles. The number of ether oxygens (including phenoxy) is 1. The highest BCUT2D eigenvalue weighted by molar-refractivity contribution is 7.09. The van der Waals surface area contributed by atoms with Gasteiger partial charge in [0.25, 0.3) is 0 Å². The third-order valence-electron chi connectivity index (χ3n) is 1.73. The Morgan fingerprint density at radius 1 is 1.59 bits per heavy atom. The van der Waals surface area contributed by atoms with E-state index in [-0.39, 0.29) is 17.9 Å². The van der Waals surface area contributed by atoms with Gasteiger partial charge in [0.2, 0.25) is 0 Å². The number of alkyl halides is 3. The van der Waals surface area contributed by atoms with E-state index in [2.05, 4.69) is 4.98 Å². The van der Waals surface area contributed by atoms with E-state index in [4.69, 9.17) is 4.74 Å². The second kappa shape index (κ2) is 5.31. The molecule has 0 aliphatic rings. The van der Waals surface area contributed by atoms with E-state index in [0.29, 0.717) is 11.3 Å². The highest BCUT2D eigenvalue weighted by Gasteiger charge is 2.34. The maximum atomic E-state index is 12.3. The number of nitrogens with zero attached hydrogens (tertiary/aromatic N) is 1. The van der Waals surface area contributed by atoms with Gasteiger partial charge in [0.05, 0.1) is 12.3 Å². The molecule has 17 heavy (non-hydrogen) atoms. The summed E-state index contributed by atoms with van der Waals surface area (Å²) >= 11 is 0.491. The van der Waals surface area contributed by atoms with Gasteiger partial charge in [-0.05, 0) is 19.9 Å². The molecule has 1 aromatic rings. The van der Waals surface area contributed by atoms with Crippen LogP contribution in [0.25, 0.3) is 6.08 Å². The van der Waals surface area contributed by atoms with Gasteiger partial charge in [0.15, 0.2) is 5.01 Å². The molecule has 0 atom stereocenters. The number of hydrogen-bond acceptors (Lipinski definition) is 4. The zero-order valence-corrected chi connectivity index (χ0v) is 9.98. The average molecular weight is 265 g/mol. The Morgan fingerprint density at radius 2 is 2.24 bits per heavy atom. The average Bonchev–Trinajstić information content (AvgIpc) is 2.66. The van der Waals surface area contributed by atoms with Gasteiger partial charge in [0.1, 0.15) is 0 Å². The van der Waals surface area contributed by atoms with E-state index in [1.807, 2.05) is 0 Å². The van der Waals surface area contributed by atoms with E-state index in [1.54, 1.807) is 6.92 Å². The molecule has 0 radical (unpaired) electrons. The van der Waals surface area contributed by atoms with Crippen molar-refractivity contribution >= 4 is 23.4 Å². The van der Waals surface area contributed by atoms with Gasteiger partial charge in [0, 0.05) is 11.0 Å². The zero-order chi connectivity index (χ0) is 13.1. The first-order valence-corrected chi connectivity index (χ1v) is 5.60. The molecule has 0 spiro atoms. The third-order valence-corrected chi connectivity index (χ3v) is 2.63. The van der Waals surface area contributed by atoms with Crippen molar-refractivity contribution in [3.8, 4) is 0 Å². The number of thiazole rings is 1. The van der Waals surface area contributed by atoms with Gasteiger partial charge in [-0.2, -0.15) is 13.2 Å². The van der Waals surface area contributed by atoms with Crippen LogP contribution in [0.1, 0.15) is 24.5 Å². The van der Waals surface area contributed by atoms with Crippen LogP contribution < -0.4 is 0 Å². The van der Waals surface area contributed by atoms with E-state index in [0.717, 1.165) is 0 Å². The number of rotatable bonds is 3. The number of halogens is 3. The van der Waals surface area contributed by atoms with E-state index in [9.17, 15) is 18.0 Å². The Morgan fingerprint density at radius 3 is 2.71 bits per heavy atom. The standard InChI is InChI=1S/C10H10F3NO2S/c1-3-16-8(15)6(2)4-7-5-17-9(14-7)10(11,12)13/h4-5H,3H2,1-2H3. The lowest BCUT2D eigenvalue weighted by molar-refractivity contribution is -0.138. The SMILES string of the molecule is CCOC(=O)C(C)=Cc1csc(C(F)(F)F)n1. The molecule has 0 saturated carbocycles. The van der Waals surface area contributed by atoms with Crippen molar-refractivity contribution in [2.45, 2.75) is 20.0 Å². The third kappa shape index (κ3) is 3.85. The van der Waals surface area contributed by atoms with Crippen LogP contribution in [0.2, 0.25) is 0 Å². The van der Waals surface area contributed by atoms with Crippen LogP contribution in [-0.4, -0.2) is 17.6 Å². The van der Waals surface area contributed by atoms with E-state index >= 15 is 0 Å². The number of aromatic nitrogens is 1. The van der Waals surface area contributed by atoms with Crippen molar-refractivity contribution in [3.05, 3.63) is 21.7 Å². The van der Waals surface area contributed by atoms with Crippen molar-refractivity contribution in [1.82, 2.24) is 4.98 Å². The van der Waals surface area contributed by atoms with Gasteiger partial charge < -0.3 is 4.74 Å². The van der Waals surface area contributed by atoms with Crippen LogP contribution in [0.3, 0.4) is 0 Å². The molecule has 1 rings (SSSR count). The molecule has 0 unspecified atom stereocenters. The largest absolute Gasteiger partial charge is 0.463 e. The summed E-state index contributed by atoms with van der Waals surface area (Å²) in [6.07, 6.45) is -3.18. The molecule has 0 fully saturated rings. The van der Waals surface area contributed by atoms with Crippen molar-refractivity contribution in [2.24, 2.45) is 0 Å². The summed E-state index contributed by atoms with van der Waals surface area (Å²) in [5.74, 6) is -0.561. The van der Waals surface area contributed by atoms with Crippen LogP contribution in [-0.2, 0) is 15.7 Å². The first kappa shape index (κ1) is 13.7. The van der Waals surface area contributed by atoms with Crippen molar-refractivity contribution in [1.29, 1.82) is 0 Å². The number of carbonyl (C=O) groups excluding carboxylic acids is 1. The molecule has 0 bridgehead atoms. The van der Waals surface area contributed by atoms with E-state index in [1.165, 1.54) is 18.4 Å².